The van der Waals surface area contributed by atoms with E-state index in [1.165, 1.54) is 25.7 Å². The number of aryl methyl sites for hydroxylation is 1. The highest BCUT2D eigenvalue weighted by molar-refractivity contribution is 5.90. The third-order valence-electron chi connectivity index (χ3n) is 3.49. The molecule has 1 aliphatic carbocycles. The van der Waals surface area contributed by atoms with Crippen molar-refractivity contribution in [2.75, 3.05) is 6.54 Å². The molecule has 2 rings (SSSR count). The molecule has 1 heterocycles. The van der Waals surface area contributed by atoms with Crippen LogP contribution in [0.4, 0.5) is 0 Å². The van der Waals surface area contributed by atoms with Crippen LogP contribution in [-0.2, 0) is 0 Å². The number of carbonyl (C=O) groups excluding carboxylic acids is 1. The van der Waals surface area contributed by atoms with E-state index in [1.807, 2.05) is 0 Å². The third kappa shape index (κ3) is 3.28. The molecule has 0 saturated heterocycles. The molecule has 5 heteroatoms. The zero-order chi connectivity index (χ0) is 12.3. The highest BCUT2D eigenvalue weighted by Crippen LogP contribution is 2.27. The summed E-state index contributed by atoms with van der Waals surface area (Å²) in [6.45, 7) is 4.83. The van der Waals surface area contributed by atoms with Gasteiger partial charge >= 0.3 is 0 Å². The molecule has 1 saturated carbocycles. The molecule has 0 unspecified atom stereocenters. The highest BCUT2D eigenvalue weighted by atomic mass is 16.2. The van der Waals surface area contributed by atoms with Gasteiger partial charge in [-0.15, -0.1) is 5.10 Å². The van der Waals surface area contributed by atoms with Crippen LogP contribution < -0.4 is 5.32 Å². The lowest BCUT2D eigenvalue weighted by Crippen LogP contribution is -2.31. The summed E-state index contributed by atoms with van der Waals surface area (Å²) in [6.07, 6.45) is 4.99. The van der Waals surface area contributed by atoms with Gasteiger partial charge in [0.15, 0.2) is 0 Å². The number of aromatic nitrogens is 3. The summed E-state index contributed by atoms with van der Waals surface area (Å²) in [6, 6.07) is 0. The van der Waals surface area contributed by atoms with Crippen molar-refractivity contribution in [2.45, 2.75) is 39.5 Å². The summed E-state index contributed by atoms with van der Waals surface area (Å²) in [5, 5.41) is 9.43. The summed E-state index contributed by atoms with van der Waals surface area (Å²) in [5.74, 6) is 2.20. The van der Waals surface area contributed by atoms with Crippen LogP contribution in [0.5, 0.6) is 0 Å². The van der Waals surface area contributed by atoms with E-state index in [-0.39, 0.29) is 11.7 Å². The second-order valence-electron chi connectivity index (χ2n) is 5.08. The van der Waals surface area contributed by atoms with Gasteiger partial charge in [-0.1, -0.05) is 19.8 Å². The predicted molar refractivity (Wildman–Crippen MR) is 64.6 cm³/mol. The number of hydrogen-bond acceptors (Lipinski definition) is 3. The number of H-pyrrole nitrogens is 1. The maximum absolute atomic E-state index is 11.7. The van der Waals surface area contributed by atoms with Crippen LogP contribution in [0.15, 0.2) is 0 Å². The Morgan fingerprint density at radius 3 is 2.71 bits per heavy atom. The first kappa shape index (κ1) is 12.1. The molecule has 17 heavy (non-hydrogen) atoms. The summed E-state index contributed by atoms with van der Waals surface area (Å²) in [7, 11) is 0. The number of carbonyl (C=O) groups is 1. The van der Waals surface area contributed by atoms with Gasteiger partial charge in [0.2, 0.25) is 5.82 Å². The van der Waals surface area contributed by atoms with Crippen molar-refractivity contribution in [3.05, 3.63) is 11.6 Å². The van der Waals surface area contributed by atoms with E-state index < -0.39 is 0 Å². The van der Waals surface area contributed by atoms with Gasteiger partial charge in [-0.2, -0.15) is 0 Å². The Labute approximate surface area is 101 Å². The minimum atomic E-state index is -0.173. The molecule has 0 bridgehead atoms. The van der Waals surface area contributed by atoms with Crippen LogP contribution in [-0.4, -0.2) is 27.6 Å². The molecule has 94 valence electrons. The normalized spacial score (nSPS) is 24.6. The summed E-state index contributed by atoms with van der Waals surface area (Å²) in [5.41, 5.74) is 0. The first-order valence-corrected chi connectivity index (χ1v) is 6.32. The summed E-state index contributed by atoms with van der Waals surface area (Å²) in [4.78, 5) is 15.7. The van der Waals surface area contributed by atoms with Gasteiger partial charge in [-0.05, 0) is 31.6 Å². The fourth-order valence-electron chi connectivity index (χ4n) is 2.29. The van der Waals surface area contributed by atoms with Crippen LogP contribution in [0.2, 0.25) is 0 Å². The van der Waals surface area contributed by atoms with E-state index >= 15 is 0 Å². The number of nitrogens with zero attached hydrogens (tertiary/aromatic N) is 2. The second kappa shape index (κ2) is 5.29. The van der Waals surface area contributed by atoms with Crippen molar-refractivity contribution >= 4 is 5.91 Å². The molecule has 0 aliphatic heterocycles. The zero-order valence-corrected chi connectivity index (χ0v) is 10.5. The van der Waals surface area contributed by atoms with Gasteiger partial charge in [0.25, 0.3) is 5.91 Å². The number of hydrogen-bond donors (Lipinski definition) is 2. The SMILES string of the molecule is Cc1nc(C(=O)NCC2CCC(C)CC2)n[nH]1. The molecule has 1 aromatic heterocycles. The number of amides is 1. The van der Waals surface area contributed by atoms with Gasteiger partial charge < -0.3 is 5.32 Å². The molecule has 0 aromatic carbocycles. The van der Waals surface area contributed by atoms with E-state index in [4.69, 9.17) is 0 Å². The second-order valence-corrected chi connectivity index (χ2v) is 5.08. The maximum Gasteiger partial charge on any atom is 0.290 e. The van der Waals surface area contributed by atoms with Crippen LogP contribution in [0, 0.1) is 18.8 Å². The van der Waals surface area contributed by atoms with Gasteiger partial charge in [0, 0.05) is 6.54 Å². The summed E-state index contributed by atoms with van der Waals surface area (Å²) < 4.78 is 0. The van der Waals surface area contributed by atoms with Gasteiger partial charge in [0.05, 0.1) is 0 Å². The number of aromatic amines is 1. The largest absolute Gasteiger partial charge is 0.349 e. The Bertz CT molecular complexity index is 380. The van der Waals surface area contributed by atoms with Crippen LogP contribution in [0.25, 0.3) is 0 Å². The molecule has 0 radical (unpaired) electrons. The summed E-state index contributed by atoms with van der Waals surface area (Å²) >= 11 is 0. The molecule has 0 atom stereocenters. The van der Waals surface area contributed by atoms with Crippen molar-refractivity contribution in [3.8, 4) is 0 Å². The van der Waals surface area contributed by atoms with Crippen molar-refractivity contribution in [3.63, 3.8) is 0 Å². The van der Waals surface area contributed by atoms with Crippen molar-refractivity contribution in [1.82, 2.24) is 20.5 Å². The van der Waals surface area contributed by atoms with E-state index in [9.17, 15) is 4.79 Å². The maximum atomic E-state index is 11.7. The molecular formula is C12H20N4O. The Morgan fingerprint density at radius 2 is 2.12 bits per heavy atom. The lowest BCUT2D eigenvalue weighted by atomic mass is 9.83. The molecule has 1 aromatic rings. The Balaban J connectivity index is 1.76. The first-order valence-electron chi connectivity index (χ1n) is 6.32. The fraction of sp³-hybridized carbons (Fsp3) is 0.750. The fourth-order valence-corrected chi connectivity index (χ4v) is 2.29. The number of nitrogens with one attached hydrogen (secondary N) is 2. The molecule has 1 fully saturated rings. The van der Waals surface area contributed by atoms with Crippen molar-refractivity contribution < 1.29 is 4.79 Å². The van der Waals surface area contributed by atoms with Gasteiger partial charge in [0.1, 0.15) is 5.82 Å². The van der Waals surface area contributed by atoms with E-state index in [0.29, 0.717) is 11.7 Å². The lowest BCUT2D eigenvalue weighted by molar-refractivity contribution is 0.0932. The van der Waals surface area contributed by atoms with E-state index in [2.05, 4.69) is 27.4 Å². The topological polar surface area (TPSA) is 70.7 Å². The average Bonchev–Trinajstić information content (AvgIpc) is 2.75. The standard InChI is InChI=1S/C12H20N4O/c1-8-3-5-10(6-4-8)7-13-12(17)11-14-9(2)15-16-11/h8,10H,3-7H2,1-2H3,(H,13,17)(H,14,15,16). The Kier molecular flexibility index (Phi) is 3.76. The van der Waals surface area contributed by atoms with Crippen LogP contribution in [0.1, 0.15) is 49.1 Å². The molecule has 0 spiro atoms. The minimum Gasteiger partial charge on any atom is -0.349 e. The van der Waals surface area contributed by atoms with Gasteiger partial charge in [-0.3, -0.25) is 9.89 Å². The molecule has 1 aliphatic rings. The Morgan fingerprint density at radius 1 is 1.41 bits per heavy atom. The van der Waals surface area contributed by atoms with E-state index in [1.54, 1.807) is 6.92 Å². The molecular weight excluding hydrogens is 216 g/mol. The first-order chi connectivity index (χ1) is 8.15. The van der Waals surface area contributed by atoms with Gasteiger partial charge in [-0.25, -0.2) is 4.98 Å². The van der Waals surface area contributed by atoms with Crippen LogP contribution >= 0.6 is 0 Å². The van der Waals surface area contributed by atoms with Crippen molar-refractivity contribution in [1.29, 1.82) is 0 Å². The number of rotatable bonds is 3. The quantitative estimate of drug-likeness (QED) is 0.838. The Hall–Kier alpha value is -1.39. The molecule has 5 nitrogen and oxygen atoms in total. The highest BCUT2D eigenvalue weighted by Gasteiger charge is 2.19. The zero-order valence-electron chi connectivity index (χ0n) is 10.5. The monoisotopic (exact) mass is 236 g/mol. The minimum absolute atomic E-state index is 0.173. The molecule has 1 amide bonds. The van der Waals surface area contributed by atoms with Crippen LogP contribution in [0.3, 0.4) is 0 Å². The molecule has 2 N–H and O–H groups in total. The predicted octanol–water partition coefficient (Wildman–Crippen LogP) is 1.67. The lowest BCUT2D eigenvalue weighted by Gasteiger charge is -2.25. The van der Waals surface area contributed by atoms with E-state index in [0.717, 1.165) is 12.5 Å². The third-order valence-corrected chi connectivity index (χ3v) is 3.49. The smallest absolute Gasteiger partial charge is 0.290 e. The van der Waals surface area contributed by atoms with Crippen molar-refractivity contribution in [2.24, 2.45) is 11.8 Å². The average molecular weight is 236 g/mol.